The minimum absolute atomic E-state index is 0.353. The minimum atomic E-state index is -1.01. The summed E-state index contributed by atoms with van der Waals surface area (Å²) >= 11 is 0. The molecule has 0 radical (unpaired) electrons. The summed E-state index contributed by atoms with van der Waals surface area (Å²) in [5, 5.41) is 9.86. The van der Waals surface area contributed by atoms with Crippen LogP contribution in [0, 0.1) is 0 Å². The topological polar surface area (TPSA) is 79.5 Å². The summed E-state index contributed by atoms with van der Waals surface area (Å²) in [6, 6.07) is 10.1. The highest BCUT2D eigenvalue weighted by Gasteiger charge is 2.26. The van der Waals surface area contributed by atoms with Gasteiger partial charge in [-0.2, -0.15) is 0 Å². The van der Waals surface area contributed by atoms with Crippen molar-refractivity contribution in [3.05, 3.63) is 48.3 Å². The van der Waals surface area contributed by atoms with Crippen molar-refractivity contribution in [1.82, 2.24) is 9.97 Å². The van der Waals surface area contributed by atoms with Crippen LogP contribution >= 0.6 is 0 Å². The van der Waals surface area contributed by atoms with Gasteiger partial charge in [-0.25, -0.2) is 14.8 Å². The molecule has 3 aromatic rings. The van der Waals surface area contributed by atoms with Crippen molar-refractivity contribution in [3.8, 4) is 11.5 Å². The Balaban J connectivity index is 1.83. The second kappa shape index (κ2) is 6.63. The normalized spacial score (nSPS) is 17.4. The Morgan fingerprint density at radius 1 is 1.38 bits per heavy atom. The number of hydrogen-bond acceptors (Lipinski definition) is 5. The molecule has 1 aliphatic heterocycles. The van der Waals surface area contributed by atoms with Crippen molar-refractivity contribution in [2.45, 2.75) is 25.8 Å². The highest BCUT2D eigenvalue weighted by atomic mass is 16.4. The maximum absolute atomic E-state index is 10.8. The fraction of sp³-hybridized carbons (Fsp3) is 0.250. The van der Waals surface area contributed by atoms with Gasteiger partial charge in [-0.05, 0) is 38.0 Å². The number of aromatic nitrogens is 2. The monoisotopic (exact) mass is 349 g/mol. The number of hydrogen-bond donors (Lipinski definition) is 1. The first kappa shape index (κ1) is 16.3. The number of anilines is 1. The lowest BCUT2D eigenvalue weighted by molar-refractivity contribution is -0.131. The lowest BCUT2D eigenvalue weighted by Gasteiger charge is -2.24. The van der Waals surface area contributed by atoms with Crippen LogP contribution in [-0.4, -0.2) is 33.6 Å². The maximum Gasteiger partial charge on any atom is 0.328 e. The van der Waals surface area contributed by atoms with E-state index in [2.05, 4.69) is 21.8 Å². The molecule has 4 rings (SSSR count). The Morgan fingerprint density at radius 3 is 2.96 bits per heavy atom. The number of rotatable bonds is 4. The molecule has 0 amide bonds. The predicted octanol–water partition coefficient (Wildman–Crippen LogP) is 3.98. The van der Waals surface area contributed by atoms with Crippen LogP contribution in [0.25, 0.3) is 28.5 Å². The summed E-state index contributed by atoms with van der Waals surface area (Å²) in [4.78, 5) is 22.2. The SMILES string of the molecule is CC1CCCN1c1nc(C=CC(=O)O)cnc1-c1cc2ccccc2o1. The number of carboxylic acids is 1. The van der Waals surface area contributed by atoms with E-state index >= 15 is 0 Å². The zero-order chi connectivity index (χ0) is 18.1. The number of carbonyl (C=O) groups is 1. The van der Waals surface area contributed by atoms with E-state index in [1.165, 1.54) is 6.08 Å². The zero-order valence-electron chi connectivity index (χ0n) is 14.4. The summed E-state index contributed by atoms with van der Waals surface area (Å²) < 4.78 is 5.99. The van der Waals surface area contributed by atoms with Crippen LogP contribution in [0.1, 0.15) is 25.5 Å². The number of carboxylic acid groups (broad SMARTS) is 1. The third kappa shape index (κ3) is 3.06. The fourth-order valence-corrected chi connectivity index (χ4v) is 3.35. The summed E-state index contributed by atoms with van der Waals surface area (Å²) in [7, 11) is 0. The van der Waals surface area contributed by atoms with Gasteiger partial charge in [-0.1, -0.05) is 18.2 Å². The second-order valence-corrected chi connectivity index (χ2v) is 6.47. The third-order valence-corrected chi connectivity index (χ3v) is 4.65. The molecule has 1 saturated heterocycles. The van der Waals surface area contributed by atoms with E-state index in [1.54, 1.807) is 6.20 Å². The van der Waals surface area contributed by atoms with E-state index in [0.717, 1.165) is 42.2 Å². The van der Waals surface area contributed by atoms with Crippen molar-refractivity contribution in [2.75, 3.05) is 11.4 Å². The molecule has 0 aliphatic carbocycles. The third-order valence-electron chi connectivity index (χ3n) is 4.65. The molecule has 1 aromatic carbocycles. The lowest BCUT2D eigenvalue weighted by atomic mass is 10.2. The van der Waals surface area contributed by atoms with Crippen LogP contribution in [0.5, 0.6) is 0 Å². The molecule has 6 heteroatoms. The second-order valence-electron chi connectivity index (χ2n) is 6.47. The van der Waals surface area contributed by atoms with Crippen molar-refractivity contribution in [1.29, 1.82) is 0 Å². The van der Waals surface area contributed by atoms with E-state index in [9.17, 15) is 4.79 Å². The van der Waals surface area contributed by atoms with Crippen LogP contribution in [0.3, 0.4) is 0 Å². The number of nitrogens with zero attached hydrogens (tertiary/aromatic N) is 3. The molecule has 2 aromatic heterocycles. The first-order valence-electron chi connectivity index (χ1n) is 8.65. The van der Waals surface area contributed by atoms with Gasteiger partial charge in [-0.3, -0.25) is 0 Å². The highest BCUT2D eigenvalue weighted by Crippen LogP contribution is 2.35. The van der Waals surface area contributed by atoms with Crippen LogP contribution < -0.4 is 4.90 Å². The van der Waals surface area contributed by atoms with Crippen molar-refractivity contribution >= 4 is 28.8 Å². The Labute approximate surface area is 150 Å². The van der Waals surface area contributed by atoms with Gasteiger partial charge in [-0.15, -0.1) is 0 Å². The van der Waals surface area contributed by atoms with Crippen molar-refractivity contribution in [2.24, 2.45) is 0 Å². The van der Waals surface area contributed by atoms with Gasteiger partial charge in [0.25, 0.3) is 0 Å². The van der Waals surface area contributed by atoms with Crippen molar-refractivity contribution in [3.63, 3.8) is 0 Å². The van der Waals surface area contributed by atoms with E-state index in [4.69, 9.17) is 9.52 Å². The first-order valence-corrected chi connectivity index (χ1v) is 8.65. The Morgan fingerprint density at radius 2 is 2.23 bits per heavy atom. The van der Waals surface area contributed by atoms with Crippen LogP contribution in [0.2, 0.25) is 0 Å². The molecule has 1 N–H and O–H groups in total. The minimum Gasteiger partial charge on any atom is -0.478 e. The summed E-state index contributed by atoms with van der Waals surface area (Å²) in [5.41, 5.74) is 2.00. The van der Waals surface area contributed by atoms with Crippen LogP contribution in [0.15, 0.2) is 47.0 Å². The van der Waals surface area contributed by atoms with Crippen molar-refractivity contribution < 1.29 is 14.3 Å². The molecule has 1 aliphatic rings. The predicted molar refractivity (Wildman–Crippen MR) is 100.0 cm³/mol. The van der Waals surface area contributed by atoms with Gasteiger partial charge >= 0.3 is 5.97 Å². The van der Waals surface area contributed by atoms with Gasteiger partial charge in [0.1, 0.15) is 11.3 Å². The number of furan rings is 1. The molecule has 1 atom stereocenters. The summed E-state index contributed by atoms with van der Waals surface area (Å²) in [6.45, 7) is 3.06. The molecular formula is C20H19N3O3. The fourth-order valence-electron chi connectivity index (χ4n) is 3.35. The average molecular weight is 349 g/mol. The van der Waals surface area contributed by atoms with E-state index in [1.807, 2.05) is 30.3 Å². The molecular weight excluding hydrogens is 330 g/mol. The number of aliphatic carboxylic acids is 1. The molecule has 0 bridgehead atoms. The smallest absolute Gasteiger partial charge is 0.328 e. The number of fused-ring (bicyclic) bond motifs is 1. The average Bonchev–Trinajstić information content (AvgIpc) is 3.25. The Bertz CT molecular complexity index is 960. The van der Waals surface area contributed by atoms with Gasteiger partial charge in [0.2, 0.25) is 0 Å². The molecule has 6 nitrogen and oxygen atoms in total. The molecule has 1 fully saturated rings. The molecule has 0 spiro atoms. The number of benzene rings is 1. The van der Waals surface area contributed by atoms with E-state index in [-0.39, 0.29) is 0 Å². The molecule has 3 heterocycles. The van der Waals surface area contributed by atoms with Gasteiger partial charge in [0.05, 0.1) is 11.9 Å². The lowest BCUT2D eigenvalue weighted by Crippen LogP contribution is -2.28. The van der Waals surface area contributed by atoms with E-state index in [0.29, 0.717) is 23.2 Å². The van der Waals surface area contributed by atoms with Crippen LogP contribution in [0.4, 0.5) is 5.82 Å². The van der Waals surface area contributed by atoms with Crippen LogP contribution in [-0.2, 0) is 4.79 Å². The van der Waals surface area contributed by atoms with Gasteiger partial charge < -0.3 is 14.4 Å². The molecule has 0 saturated carbocycles. The zero-order valence-corrected chi connectivity index (χ0v) is 14.4. The standard InChI is InChI=1S/C20H19N3O3/c1-13-5-4-10-23(13)20-19(21-12-15(22-20)8-9-18(24)25)17-11-14-6-2-3-7-16(14)26-17/h2-3,6-9,11-13H,4-5,10H2,1H3,(H,24,25). The quantitative estimate of drug-likeness (QED) is 0.718. The molecule has 26 heavy (non-hydrogen) atoms. The maximum atomic E-state index is 10.8. The van der Waals surface area contributed by atoms with Gasteiger partial charge in [0, 0.05) is 24.0 Å². The number of para-hydroxylation sites is 1. The summed E-state index contributed by atoms with van der Waals surface area (Å²) in [5.74, 6) is 0.396. The Kier molecular flexibility index (Phi) is 4.16. The highest BCUT2D eigenvalue weighted by molar-refractivity contribution is 5.86. The molecule has 1 unspecified atom stereocenters. The Hall–Kier alpha value is -3.15. The van der Waals surface area contributed by atoms with E-state index < -0.39 is 5.97 Å². The molecule has 132 valence electrons. The largest absolute Gasteiger partial charge is 0.478 e. The van der Waals surface area contributed by atoms with Gasteiger partial charge in [0.15, 0.2) is 11.6 Å². The first-order chi connectivity index (χ1) is 12.6. The summed E-state index contributed by atoms with van der Waals surface area (Å²) in [6.07, 6.45) is 6.30.